The molecule has 5 nitrogen and oxygen atoms in total. The normalized spacial score (nSPS) is 22.8. The highest BCUT2D eigenvalue weighted by Crippen LogP contribution is 2.15. The fraction of sp³-hybridized carbons (Fsp3) is 0.500. The summed E-state index contributed by atoms with van der Waals surface area (Å²) in [6.45, 7) is 6.14. The number of piperazine rings is 1. The topological polar surface area (TPSA) is 62.4 Å². The van der Waals surface area contributed by atoms with Crippen molar-refractivity contribution >= 4 is 11.6 Å². The van der Waals surface area contributed by atoms with Gasteiger partial charge in [-0.1, -0.05) is 0 Å². The Labute approximate surface area is 113 Å². The molecule has 2 atom stereocenters. The predicted molar refractivity (Wildman–Crippen MR) is 75.5 cm³/mol. The molecule has 1 aliphatic heterocycles. The van der Waals surface area contributed by atoms with E-state index in [1.807, 2.05) is 31.2 Å². The van der Waals surface area contributed by atoms with Gasteiger partial charge >= 0.3 is 0 Å². The van der Waals surface area contributed by atoms with Crippen LogP contribution in [0.4, 0.5) is 5.69 Å². The number of rotatable bonds is 4. The molecule has 1 heterocycles. The summed E-state index contributed by atoms with van der Waals surface area (Å²) in [4.78, 5) is 12.0. The highest BCUT2D eigenvalue weighted by molar-refractivity contribution is 5.95. The van der Waals surface area contributed by atoms with Gasteiger partial charge in [-0.2, -0.15) is 0 Å². The summed E-state index contributed by atoms with van der Waals surface area (Å²) in [6.07, 6.45) is 0. The molecule has 1 aromatic rings. The van der Waals surface area contributed by atoms with Gasteiger partial charge in [0.1, 0.15) is 5.75 Å². The maximum Gasteiger partial charge on any atom is 0.242 e. The maximum absolute atomic E-state index is 12.0. The van der Waals surface area contributed by atoms with E-state index < -0.39 is 0 Å². The van der Waals surface area contributed by atoms with Gasteiger partial charge in [-0.25, -0.2) is 0 Å². The average molecular weight is 263 g/mol. The van der Waals surface area contributed by atoms with Gasteiger partial charge in [-0.3, -0.25) is 4.79 Å². The van der Waals surface area contributed by atoms with E-state index in [1.165, 1.54) is 0 Å². The first kappa shape index (κ1) is 13.8. The fourth-order valence-corrected chi connectivity index (χ4v) is 2.00. The zero-order chi connectivity index (χ0) is 13.7. The number of hydrogen-bond acceptors (Lipinski definition) is 4. The molecule has 1 aliphatic rings. The Morgan fingerprint density at radius 3 is 2.63 bits per heavy atom. The highest BCUT2D eigenvalue weighted by atomic mass is 16.5. The molecular formula is C14H21N3O2. The monoisotopic (exact) mass is 263 g/mol. The molecule has 0 radical (unpaired) electrons. The third kappa shape index (κ3) is 3.94. The number of carbonyl (C=O) groups excluding carboxylic acids is 1. The van der Waals surface area contributed by atoms with Crippen LogP contribution in [0.1, 0.15) is 13.8 Å². The molecule has 2 unspecified atom stereocenters. The summed E-state index contributed by atoms with van der Waals surface area (Å²) >= 11 is 0. The van der Waals surface area contributed by atoms with Crippen molar-refractivity contribution in [3.8, 4) is 5.75 Å². The summed E-state index contributed by atoms with van der Waals surface area (Å²) in [6, 6.07) is 7.64. The van der Waals surface area contributed by atoms with Crippen LogP contribution in [0.5, 0.6) is 5.75 Å². The molecule has 0 aliphatic carbocycles. The molecule has 0 spiro atoms. The molecule has 104 valence electrons. The maximum atomic E-state index is 12.0. The van der Waals surface area contributed by atoms with E-state index in [1.54, 1.807) is 0 Å². The SMILES string of the molecule is CCOc1ccc(NC(=O)C2CNC(C)CN2)cc1. The van der Waals surface area contributed by atoms with Crippen LogP contribution < -0.4 is 20.7 Å². The van der Waals surface area contributed by atoms with Crippen molar-refractivity contribution in [1.29, 1.82) is 0 Å². The van der Waals surface area contributed by atoms with E-state index >= 15 is 0 Å². The standard InChI is InChI=1S/C14H21N3O2/c1-3-19-12-6-4-11(5-7-12)17-14(18)13-9-15-10(2)8-16-13/h4-7,10,13,15-16H,3,8-9H2,1-2H3,(H,17,18). The lowest BCUT2D eigenvalue weighted by molar-refractivity contribution is -0.118. The lowest BCUT2D eigenvalue weighted by atomic mass is 10.1. The molecule has 5 heteroatoms. The van der Waals surface area contributed by atoms with Crippen LogP contribution in [0.15, 0.2) is 24.3 Å². The van der Waals surface area contributed by atoms with Crippen LogP contribution in [0.3, 0.4) is 0 Å². The second-order valence-corrected chi connectivity index (χ2v) is 4.72. The van der Waals surface area contributed by atoms with E-state index in [0.29, 0.717) is 19.2 Å². The van der Waals surface area contributed by atoms with Crippen molar-refractivity contribution in [1.82, 2.24) is 10.6 Å². The molecule has 1 aromatic carbocycles. The van der Waals surface area contributed by atoms with Crippen molar-refractivity contribution in [2.24, 2.45) is 0 Å². The Balaban J connectivity index is 1.88. The fourth-order valence-electron chi connectivity index (χ4n) is 2.00. The van der Waals surface area contributed by atoms with Crippen molar-refractivity contribution in [2.75, 3.05) is 25.0 Å². The van der Waals surface area contributed by atoms with Crippen molar-refractivity contribution in [2.45, 2.75) is 25.9 Å². The average Bonchev–Trinajstić information content (AvgIpc) is 2.42. The summed E-state index contributed by atoms with van der Waals surface area (Å²) in [5, 5.41) is 9.40. The third-order valence-corrected chi connectivity index (χ3v) is 3.09. The zero-order valence-electron chi connectivity index (χ0n) is 11.4. The molecule has 0 aromatic heterocycles. The van der Waals surface area contributed by atoms with Crippen LogP contribution in [0.25, 0.3) is 0 Å². The van der Waals surface area contributed by atoms with Gasteiger partial charge in [-0.05, 0) is 38.1 Å². The zero-order valence-corrected chi connectivity index (χ0v) is 11.4. The Hall–Kier alpha value is -1.59. The minimum absolute atomic E-state index is 0.0106. The van der Waals surface area contributed by atoms with E-state index in [4.69, 9.17) is 4.74 Å². The number of carbonyl (C=O) groups is 1. The first-order chi connectivity index (χ1) is 9.19. The minimum Gasteiger partial charge on any atom is -0.494 e. The van der Waals surface area contributed by atoms with Crippen LogP contribution in [0.2, 0.25) is 0 Å². The first-order valence-corrected chi connectivity index (χ1v) is 6.69. The molecule has 3 N–H and O–H groups in total. The molecule has 1 fully saturated rings. The molecule has 19 heavy (non-hydrogen) atoms. The van der Waals surface area contributed by atoms with Gasteiger partial charge in [0.15, 0.2) is 0 Å². The molecule has 2 rings (SSSR count). The van der Waals surface area contributed by atoms with Gasteiger partial charge in [0.05, 0.1) is 12.6 Å². The Kier molecular flexibility index (Phi) is 4.76. The Morgan fingerprint density at radius 1 is 1.32 bits per heavy atom. The number of anilines is 1. The van der Waals surface area contributed by atoms with Crippen molar-refractivity contribution < 1.29 is 9.53 Å². The smallest absolute Gasteiger partial charge is 0.242 e. The summed E-state index contributed by atoms with van der Waals surface area (Å²) in [5.41, 5.74) is 0.786. The van der Waals surface area contributed by atoms with E-state index in [9.17, 15) is 4.79 Å². The van der Waals surface area contributed by atoms with Gasteiger partial charge in [0.2, 0.25) is 5.91 Å². The summed E-state index contributed by atoms with van der Waals surface area (Å²) in [7, 11) is 0. The van der Waals surface area contributed by atoms with E-state index in [-0.39, 0.29) is 11.9 Å². The lowest BCUT2D eigenvalue weighted by Gasteiger charge is -2.28. The molecule has 1 amide bonds. The van der Waals surface area contributed by atoms with Gasteiger partial charge in [0, 0.05) is 24.8 Å². The van der Waals surface area contributed by atoms with Crippen molar-refractivity contribution in [3.63, 3.8) is 0 Å². The number of benzene rings is 1. The number of amides is 1. The molecule has 1 saturated heterocycles. The number of hydrogen-bond donors (Lipinski definition) is 3. The third-order valence-electron chi connectivity index (χ3n) is 3.09. The molecule has 0 bridgehead atoms. The molecular weight excluding hydrogens is 242 g/mol. The van der Waals surface area contributed by atoms with Crippen molar-refractivity contribution in [3.05, 3.63) is 24.3 Å². The number of nitrogens with one attached hydrogen (secondary N) is 3. The van der Waals surface area contributed by atoms with Crippen LogP contribution in [0, 0.1) is 0 Å². The first-order valence-electron chi connectivity index (χ1n) is 6.69. The van der Waals surface area contributed by atoms with Crippen LogP contribution >= 0.6 is 0 Å². The van der Waals surface area contributed by atoms with E-state index in [2.05, 4.69) is 22.9 Å². The van der Waals surface area contributed by atoms with Gasteiger partial charge < -0.3 is 20.7 Å². The van der Waals surface area contributed by atoms with Gasteiger partial charge in [-0.15, -0.1) is 0 Å². The van der Waals surface area contributed by atoms with E-state index in [0.717, 1.165) is 18.0 Å². The summed E-state index contributed by atoms with van der Waals surface area (Å²) in [5.74, 6) is 0.801. The second-order valence-electron chi connectivity index (χ2n) is 4.72. The largest absolute Gasteiger partial charge is 0.494 e. The van der Waals surface area contributed by atoms with Crippen LogP contribution in [-0.4, -0.2) is 37.7 Å². The quantitative estimate of drug-likeness (QED) is 0.757. The minimum atomic E-state index is -0.178. The Bertz CT molecular complexity index is 411. The highest BCUT2D eigenvalue weighted by Gasteiger charge is 2.23. The van der Waals surface area contributed by atoms with Crippen LogP contribution in [-0.2, 0) is 4.79 Å². The lowest BCUT2D eigenvalue weighted by Crippen LogP contribution is -2.57. The Morgan fingerprint density at radius 2 is 2.05 bits per heavy atom. The molecule has 0 saturated carbocycles. The number of ether oxygens (including phenoxy) is 1. The van der Waals surface area contributed by atoms with Gasteiger partial charge in [0.25, 0.3) is 0 Å². The second kappa shape index (κ2) is 6.54. The predicted octanol–water partition coefficient (Wildman–Crippen LogP) is 0.974. The summed E-state index contributed by atoms with van der Waals surface area (Å²) < 4.78 is 5.36.